The summed E-state index contributed by atoms with van der Waals surface area (Å²) < 4.78 is 4.92. The number of aromatic nitrogens is 1. The van der Waals surface area contributed by atoms with Gasteiger partial charge in [0.15, 0.2) is 5.78 Å². The third-order valence-electron chi connectivity index (χ3n) is 1.80. The maximum absolute atomic E-state index is 11.4. The molecule has 0 aliphatic rings. The summed E-state index contributed by atoms with van der Waals surface area (Å²) in [6.45, 7) is 3.67. The van der Waals surface area contributed by atoms with Gasteiger partial charge in [0.05, 0.1) is 6.42 Å². The van der Waals surface area contributed by atoms with Crippen LogP contribution >= 0.6 is 11.3 Å². The average Bonchev–Trinajstić information content (AvgIpc) is 2.49. The summed E-state index contributed by atoms with van der Waals surface area (Å²) in [6.07, 6.45) is 0.0530. The first kappa shape index (κ1) is 10.3. The lowest BCUT2D eigenvalue weighted by Crippen LogP contribution is -2.20. The van der Waals surface area contributed by atoms with Gasteiger partial charge in [-0.2, -0.15) is 0 Å². The number of aryl methyl sites for hydroxylation is 1. The van der Waals surface area contributed by atoms with E-state index in [0.29, 0.717) is 6.42 Å². The van der Waals surface area contributed by atoms with Crippen LogP contribution in [0, 0.1) is 6.92 Å². The number of ether oxygens (including phenoxy) is 1. The second-order valence-electron chi connectivity index (χ2n) is 2.90. The fourth-order valence-corrected chi connectivity index (χ4v) is 1.69. The van der Waals surface area contributed by atoms with Crippen molar-refractivity contribution in [3.8, 4) is 0 Å². The molecule has 0 saturated carbocycles. The monoisotopic (exact) mass is 199 g/mol. The Morgan fingerprint density at radius 3 is 2.92 bits per heavy atom. The summed E-state index contributed by atoms with van der Waals surface area (Å²) >= 11 is 1.52. The van der Waals surface area contributed by atoms with Gasteiger partial charge in [-0.25, -0.2) is 4.98 Å². The number of methoxy groups -OCH3 is 1. The third-order valence-corrected chi connectivity index (χ3v) is 2.77. The largest absolute Gasteiger partial charge is 0.374 e. The van der Waals surface area contributed by atoms with Crippen LogP contribution in [0.5, 0.6) is 0 Å². The van der Waals surface area contributed by atoms with Gasteiger partial charge < -0.3 is 4.74 Å². The molecular formula is C9H13NO2S. The zero-order valence-corrected chi connectivity index (χ0v) is 8.85. The minimum Gasteiger partial charge on any atom is -0.374 e. The number of nitrogens with zero attached hydrogens (tertiary/aromatic N) is 1. The van der Waals surface area contributed by atoms with Crippen molar-refractivity contribution in [3.05, 3.63) is 16.1 Å². The van der Waals surface area contributed by atoms with Crippen LogP contribution in [0.25, 0.3) is 0 Å². The molecule has 72 valence electrons. The van der Waals surface area contributed by atoms with Gasteiger partial charge in [-0.15, -0.1) is 11.3 Å². The molecule has 0 N–H and O–H groups in total. The molecule has 13 heavy (non-hydrogen) atoms. The molecule has 0 aliphatic heterocycles. The highest BCUT2D eigenvalue weighted by Gasteiger charge is 2.13. The van der Waals surface area contributed by atoms with Gasteiger partial charge in [0.1, 0.15) is 11.1 Å². The Balaban J connectivity index is 2.54. The van der Waals surface area contributed by atoms with Crippen LogP contribution in [-0.2, 0) is 16.0 Å². The van der Waals surface area contributed by atoms with Crippen LogP contribution in [0.2, 0.25) is 0 Å². The molecule has 4 heteroatoms. The molecule has 0 radical (unpaired) electrons. The summed E-state index contributed by atoms with van der Waals surface area (Å²) in [5.41, 5.74) is 0.970. The lowest BCUT2D eigenvalue weighted by molar-refractivity contribution is -0.127. The van der Waals surface area contributed by atoms with Gasteiger partial charge in [0, 0.05) is 18.2 Å². The first-order chi connectivity index (χ1) is 6.13. The summed E-state index contributed by atoms with van der Waals surface area (Å²) in [5, 5.41) is 2.81. The van der Waals surface area contributed by atoms with Crippen molar-refractivity contribution in [1.29, 1.82) is 0 Å². The summed E-state index contributed by atoms with van der Waals surface area (Å²) in [6, 6.07) is 0. The number of carbonyl (C=O) groups is 1. The van der Waals surface area contributed by atoms with Crippen LogP contribution in [0.4, 0.5) is 0 Å². The predicted molar refractivity (Wildman–Crippen MR) is 52.0 cm³/mol. The van der Waals surface area contributed by atoms with Crippen LogP contribution in [-0.4, -0.2) is 24.0 Å². The van der Waals surface area contributed by atoms with E-state index in [9.17, 15) is 4.79 Å². The minimum atomic E-state index is -0.329. The lowest BCUT2D eigenvalue weighted by Gasteiger charge is -2.05. The number of hydrogen-bond donors (Lipinski definition) is 0. The van der Waals surface area contributed by atoms with E-state index in [4.69, 9.17) is 4.74 Å². The van der Waals surface area contributed by atoms with Gasteiger partial charge >= 0.3 is 0 Å². The topological polar surface area (TPSA) is 39.2 Å². The van der Waals surface area contributed by atoms with Crippen LogP contribution in [0.3, 0.4) is 0 Å². The van der Waals surface area contributed by atoms with Gasteiger partial charge in [0.2, 0.25) is 0 Å². The highest BCUT2D eigenvalue weighted by Crippen LogP contribution is 2.10. The van der Waals surface area contributed by atoms with E-state index in [1.54, 1.807) is 6.92 Å². The average molecular weight is 199 g/mol. The molecular weight excluding hydrogens is 186 g/mol. The van der Waals surface area contributed by atoms with Crippen molar-refractivity contribution < 1.29 is 9.53 Å². The van der Waals surface area contributed by atoms with Crippen molar-refractivity contribution in [2.45, 2.75) is 26.4 Å². The van der Waals surface area contributed by atoms with E-state index in [-0.39, 0.29) is 11.9 Å². The summed E-state index contributed by atoms with van der Waals surface area (Å²) in [5.74, 6) is 0.0804. The molecule has 1 atom stereocenters. The molecule has 1 unspecified atom stereocenters. The first-order valence-corrected chi connectivity index (χ1v) is 4.98. The molecule has 0 spiro atoms. The molecule has 1 aromatic heterocycles. The normalized spacial score (nSPS) is 12.8. The van der Waals surface area contributed by atoms with Crippen molar-refractivity contribution in [3.63, 3.8) is 0 Å². The smallest absolute Gasteiger partial charge is 0.168 e. The maximum Gasteiger partial charge on any atom is 0.168 e. The summed E-state index contributed by atoms with van der Waals surface area (Å²) in [7, 11) is 1.54. The summed E-state index contributed by atoms with van der Waals surface area (Å²) in [4.78, 5) is 15.6. The first-order valence-electron chi connectivity index (χ1n) is 4.10. The van der Waals surface area contributed by atoms with Gasteiger partial charge in [-0.05, 0) is 13.8 Å². The number of thiazole rings is 1. The minimum absolute atomic E-state index is 0.0804. The molecule has 3 nitrogen and oxygen atoms in total. The van der Waals surface area contributed by atoms with Crippen molar-refractivity contribution in [1.82, 2.24) is 4.98 Å². The van der Waals surface area contributed by atoms with E-state index in [0.717, 1.165) is 10.7 Å². The Morgan fingerprint density at radius 2 is 2.46 bits per heavy atom. The Hall–Kier alpha value is -0.740. The van der Waals surface area contributed by atoms with Gasteiger partial charge in [0.25, 0.3) is 0 Å². The number of hydrogen-bond acceptors (Lipinski definition) is 4. The number of Topliss-reactive ketones (excluding diaryl/α,β-unsaturated/α-hetero) is 1. The third kappa shape index (κ3) is 2.90. The van der Waals surface area contributed by atoms with E-state index >= 15 is 0 Å². The Kier molecular flexibility index (Phi) is 3.57. The number of rotatable bonds is 4. The molecule has 0 aliphatic carbocycles. The van der Waals surface area contributed by atoms with E-state index < -0.39 is 0 Å². The highest BCUT2D eigenvalue weighted by molar-refractivity contribution is 7.09. The second-order valence-corrected chi connectivity index (χ2v) is 3.85. The van der Waals surface area contributed by atoms with Crippen molar-refractivity contribution in [2.75, 3.05) is 7.11 Å². The molecule has 0 saturated heterocycles. The standard InChI is InChI=1S/C9H13NO2S/c1-6-5-13-9(10-6)4-8(11)7(2)12-3/h5,7H,4H2,1-3H3. The van der Waals surface area contributed by atoms with E-state index in [1.807, 2.05) is 12.3 Å². The highest BCUT2D eigenvalue weighted by atomic mass is 32.1. The maximum atomic E-state index is 11.4. The van der Waals surface area contributed by atoms with E-state index in [2.05, 4.69) is 4.98 Å². The van der Waals surface area contributed by atoms with Crippen LogP contribution in [0.15, 0.2) is 5.38 Å². The SMILES string of the molecule is COC(C)C(=O)Cc1nc(C)cs1. The van der Waals surface area contributed by atoms with Crippen molar-refractivity contribution in [2.24, 2.45) is 0 Å². The zero-order valence-electron chi connectivity index (χ0n) is 8.03. The van der Waals surface area contributed by atoms with Gasteiger partial charge in [-0.1, -0.05) is 0 Å². The fourth-order valence-electron chi connectivity index (χ4n) is 0.908. The van der Waals surface area contributed by atoms with Crippen molar-refractivity contribution >= 4 is 17.1 Å². The zero-order chi connectivity index (χ0) is 9.84. The quantitative estimate of drug-likeness (QED) is 0.739. The molecule has 1 rings (SSSR count). The predicted octanol–water partition coefficient (Wildman–Crippen LogP) is 1.60. The van der Waals surface area contributed by atoms with Crippen LogP contribution < -0.4 is 0 Å². The Morgan fingerprint density at radius 1 is 1.77 bits per heavy atom. The molecule has 0 fully saturated rings. The second kappa shape index (κ2) is 4.48. The molecule has 0 amide bonds. The number of carbonyl (C=O) groups excluding carboxylic acids is 1. The van der Waals surface area contributed by atoms with E-state index in [1.165, 1.54) is 18.4 Å². The molecule has 0 bridgehead atoms. The Bertz CT molecular complexity index is 296. The van der Waals surface area contributed by atoms with Gasteiger partial charge in [-0.3, -0.25) is 4.79 Å². The Labute approximate surface area is 81.8 Å². The van der Waals surface area contributed by atoms with Crippen LogP contribution in [0.1, 0.15) is 17.6 Å². The molecule has 0 aromatic carbocycles. The fraction of sp³-hybridized carbons (Fsp3) is 0.556. The lowest BCUT2D eigenvalue weighted by atomic mass is 10.2. The molecule has 1 heterocycles. The molecule has 1 aromatic rings. The number of ketones is 1.